The molecule has 0 spiro atoms. The number of esters is 2. The molecule has 0 radical (unpaired) electrons. The van der Waals surface area contributed by atoms with Crippen molar-refractivity contribution >= 4 is 11.9 Å². The molecule has 0 fully saturated rings. The molecule has 68 valence electrons. The maximum Gasteiger partial charge on any atom is 0.333 e. The van der Waals surface area contributed by atoms with Gasteiger partial charge in [-0.2, -0.15) is 0 Å². The van der Waals surface area contributed by atoms with Gasteiger partial charge in [0.1, 0.15) is 0 Å². The van der Waals surface area contributed by atoms with Crippen molar-refractivity contribution in [3.8, 4) is 0 Å². The molecule has 0 rings (SSSR count). The fourth-order valence-electron chi connectivity index (χ4n) is 0.612. The summed E-state index contributed by atoms with van der Waals surface area (Å²) in [6.07, 6.45) is 0. The zero-order chi connectivity index (χ0) is 9.72. The van der Waals surface area contributed by atoms with Crippen LogP contribution in [0.1, 0.15) is 13.8 Å². The molecule has 0 N–H and O–H groups in total. The molecular weight excluding hydrogens is 160 g/mol. The molecule has 0 unspecified atom stereocenters. The molecule has 0 aliphatic heterocycles. The third kappa shape index (κ3) is 2.38. The van der Waals surface area contributed by atoms with Gasteiger partial charge < -0.3 is 9.47 Å². The standard InChI is InChI=1S/C8H12O4/c1-5(7(9)11-3)6(2)8(10)12-4/h1-4H3. The number of hydrogen-bond donors (Lipinski definition) is 0. The summed E-state index contributed by atoms with van der Waals surface area (Å²) < 4.78 is 8.85. The highest BCUT2D eigenvalue weighted by Crippen LogP contribution is 2.06. The molecule has 0 saturated carbocycles. The largest absolute Gasteiger partial charge is 0.466 e. The van der Waals surface area contributed by atoms with Crippen LogP contribution in [0.2, 0.25) is 0 Å². The van der Waals surface area contributed by atoms with Crippen molar-refractivity contribution in [3.63, 3.8) is 0 Å². The summed E-state index contributed by atoms with van der Waals surface area (Å²) in [6, 6.07) is 0. The van der Waals surface area contributed by atoms with E-state index in [2.05, 4.69) is 9.47 Å². The number of methoxy groups -OCH3 is 2. The Bertz CT molecular complexity index is 203. The Kier molecular flexibility index (Phi) is 4.04. The smallest absolute Gasteiger partial charge is 0.333 e. The average molecular weight is 172 g/mol. The third-order valence-corrected chi connectivity index (χ3v) is 1.55. The number of rotatable bonds is 2. The lowest BCUT2D eigenvalue weighted by molar-refractivity contribution is -0.139. The van der Waals surface area contributed by atoms with Gasteiger partial charge in [-0.25, -0.2) is 9.59 Å². The van der Waals surface area contributed by atoms with E-state index in [-0.39, 0.29) is 11.1 Å². The lowest BCUT2D eigenvalue weighted by Crippen LogP contribution is -2.10. The number of carbonyl (C=O) groups excluding carboxylic acids is 2. The first-order chi connectivity index (χ1) is 5.54. The first-order valence-corrected chi connectivity index (χ1v) is 3.38. The highest BCUT2D eigenvalue weighted by Gasteiger charge is 2.13. The Hall–Kier alpha value is -1.32. The Labute approximate surface area is 71.2 Å². The van der Waals surface area contributed by atoms with E-state index in [0.29, 0.717) is 0 Å². The third-order valence-electron chi connectivity index (χ3n) is 1.55. The zero-order valence-electron chi connectivity index (χ0n) is 7.63. The van der Waals surface area contributed by atoms with Crippen molar-refractivity contribution < 1.29 is 19.1 Å². The van der Waals surface area contributed by atoms with E-state index in [0.717, 1.165) is 0 Å². The summed E-state index contributed by atoms with van der Waals surface area (Å²) in [7, 11) is 2.52. The fraction of sp³-hybridized carbons (Fsp3) is 0.500. The predicted molar refractivity (Wildman–Crippen MR) is 42.4 cm³/mol. The van der Waals surface area contributed by atoms with Crippen LogP contribution in [-0.4, -0.2) is 26.2 Å². The second kappa shape index (κ2) is 4.54. The van der Waals surface area contributed by atoms with E-state index in [1.807, 2.05) is 0 Å². The normalized spacial score (nSPS) is 11.7. The Morgan fingerprint density at radius 1 is 0.833 bits per heavy atom. The first-order valence-electron chi connectivity index (χ1n) is 3.38. The predicted octanol–water partition coefficient (Wildman–Crippen LogP) is 0.669. The van der Waals surface area contributed by atoms with Gasteiger partial charge in [0.2, 0.25) is 0 Å². The van der Waals surface area contributed by atoms with Crippen molar-refractivity contribution in [3.05, 3.63) is 11.1 Å². The molecular formula is C8H12O4. The molecule has 0 aliphatic carbocycles. The monoisotopic (exact) mass is 172 g/mol. The van der Waals surface area contributed by atoms with Gasteiger partial charge in [0.05, 0.1) is 14.2 Å². The van der Waals surface area contributed by atoms with E-state index in [9.17, 15) is 9.59 Å². The van der Waals surface area contributed by atoms with E-state index >= 15 is 0 Å². The van der Waals surface area contributed by atoms with Crippen molar-refractivity contribution in [1.29, 1.82) is 0 Å². The molecule has 4 heteroatoms. The molecule has 0 aromatic rings. The van der Waals surface area contributed by atoms with E-state index < -0.39 is 11.9 Å². The van der Waals surface area contributed by atoms with Crippen LogP contribution in [0.25, 0.3) is 0 Å². The SMILES string of the molecule is COC(=O)C(C)=C(C)C(=O)OC. The second-order valence-corrected chi connectivity index (χ2v) is 2.23. The highest BCUT2D eigenvalue weighted by molar-refractivity contribution is 5.99. The molecule has 0 atom stereocenters. The molecule has 0 amide bonds. The maximum absolute atomic E-state index is 10.9. The van der Waals surface area contributed by atoms with Gasteiger partial charge in [-0.15, -0.1) is 0 Å². The van der Waals surface area contributed by atoms with Crippen LogP contribution in [0.5, 0.6) is 0 Å². The molecule has 0 aromatic carbocycles. The first kappa shape index (κ1) is 10.7. The van der Waals surface area contributed by atoms with Gasteiger partial charge in [0, 0.05) is 11.1 Å². The zero-order valence-corrected chi connectivity index (χ0v) is 7.63. The highest BCUT2D eigenvalue weighted by atomic mass is 16.5. The second-order valence-electron chi connectivity index (χ2n) is 2.23. The van der Waals surface area contributed by atoms with Crippen molar-refractivity contribution in [2.45, 2.75) is 13.8 Å². The van der Waals surface area contributed by atoms with Crippen LogP contribution in [0.4, 0.5) is 0 Å². The van der Waals surface area contributed by atoms with Gasteiger partial charge >= 0.3 is 11.9 Å². The lowest BCUT2D eigenvalue weighted by atomic mass is 10.1. The van der Waals surface area contributed by atoms with Crippen molar-refractivity contribution in [2.75, 3.05) is 14.2 Å². The Morgan fingerprint density at radius 3 is 1.25 bits per heavy atom. The molecule has 4 nitrogen and oxygen atoms in total. The molecule has 0 bridgehead atoms. The van der Waals surface area contributed by atoms with Crippen LogP contribution in [0.3, 0.4) is 0 Å². The maximum atomic E-state index is 10.9. The molecule has 0 saturated heterocycles. The van der Waals surface area contributed by atoms with Crippen LogP contribution in [-0.2, 0) is 19.1 Å². The van der Waals surface area contributed by atoms with Gasteiger partial charge in [0.25, 0.3) is 0 Å². The van der Waals surface area contributed by atoms with Gasteiger partial charge in [0.15, 0.2) is 0 Å². The Morgan fingerprint density at radius 2 is 1.08 bits per heavy atom. The molecule has 0 aromatic heterocycles. The van der Waals surface area contributed by atoms with Gasteiger partial charge in [-0.1, -0.05) is 0 Å². The quantitative estimate of drug-likeness (QED) is 0.453. The molecule has 0 aliphatic rings. The number of hydrogen-bond acceptors (Lipinski definition) is 4. The van der Waals surface area contributed by atoms with Gasteiger partial charge in [-0.05, 0) is 13.8 Å². The molecule has 12 heavy (non-hydrogen) atoms. The topological polar surface area (TPSA) is 52.6 Å². The summed E-state index contributed by atoms with van der Waals surface area (Å²) in [5.74, 6) is -1.03. The van der Waals surface area contributed by atoms with Gasteiger partial charge in [-0.3, -0.25) is 0 Å². The minimum atomic E-state index is -0.516. The summed E-state index contributed by atoms with van der Waals surface area (Å²) in [5.41, 5.74) is 0.536. The van der Waals surface area contributed by atoms with Crippen LogP contribution < -0.4 is 0 Å². The van der Waals surface area contributed by atoms with Crippen LogP contribution in [0, 0.1) is 0 Å². The van der Waals surface area contributed by atoms with Crippen LogP contribution in [0.15, 0.2) is 11.1 Å². The minimum Gasteiger partial charge on any atom is -0.466 e. The lowest BCUT2D eigenvalue weighted by Gasteiger charge is -2.03. The number of ether oxygens (including phenoxy) is 2. The van der Waals surface area contributed by atoms with Crippen LogP contribution >= 0.6 is 0 Å². The summed E-state index contributed by atoms with van der Waals surface area (Å²) >= 11 is 0. The minimum absolute atomic E-state index is 0.268. The molecule has 0 heterocycles. The number of carbonyl (C=O) groups is 2. The van der Waals surface area contributed by atoms with Crippen molar-refractivity contribution in [1.82, 2.24) is 0 Å². The summed E-state index contributed by atoms with van der Waals surface area (Å²) in [4.78, 5) is 21.8. The summed E-state index contributed by atoms with van der Waals surface area (Å²) in [5, 5.41) is 0. The average Bonchev–Trinajstić information content (AvgIpc) is 2.12. The fourth-order valence-corrected chi connectivity index (χ4v) is 0.612. The van der Waals surface area contributed by atoms with E-state index in [1.165, 1.54) is 28.1 Å². The van der Waals surface area contributed by atoms with Crippen molar-refractivity contribution in [2.24, 2.45) is 0 Å². The van der Waals surface area contributed by atoms with E-state index in [1.54, 1.807) is 0 Å². The summed E-state index contributed by atoms with van der Waals surface area (Å²) in [6.45, 7) is 3.02. The van der Waals surface area contributed by atoms with E-state index in [4.69, 9.17) is 0 Å². The Balaban J connectivity index is 4.68.